The second kappa shape index (κ2) is 2.38. The molecule has 1 aromatic rings. The third kappa shape index (κ3) is 1.08. The summed E-state index contributed by atoms with van der Waals surface area (Å²) in [5.74, 6) is 0. The lowest BCUT2D eigenvalue weighted by Gasteiger charge is -2.04. The summed E-state index contributed by atoms with van der Waals surface area (Å²) in [7, 11) is 1.83. The van der Waals surface area contributed by atoms with Crippen molar-refractivity contribution in [3.05, 3.63) is 29.3 Å². The Hall–Kier alpha value is -0.755. The predicted octanol–water partition coefficient (Wildman–Crippen LogP) is 1.33. The Balaban J connectivity index is 2.52. The molecule has 2 rings (SSSR count). The number of hydrogen-bond acceptors (Lipinski definition) is 1. The van der Waals surface area contributed by atoms with Gasteiger partial charge in [-0.1, -0.05) is 23.8 Å². The molecule has 0 amide bonds. The molecule has 0 bridgehead atoms. The molecule has 1 atom stereocenters. The van der Waals surface area contributed by atoms with Crippen LogP contribution in [0.2, 0.25) is 0 Å². The first-order valence-corrected chi connectivity index (χ1v) is 3.86. The summed E-state index contributed by atoms with van der Waals surface area (Å²) < 4.78 is 5.35. The molecule has 2 heteroatoms. The fraction of sp³-hybridized carbons (Fsp3) is 0.333. The fourth-order valence-corrected chi connectivity index (χ4v) is 1.40. The highest BCUT2D eigenvalue weighted by Crippen LogP contribution is 2.20. The predicted molar refractivity (Wildman–Crippen MR) is 46.1 cm³/mol. The van der Waals surface area contributed by atoms with E-state index >= 15 is 0 Å². The topological polar surface area (TPSA) is 9.23 Å². The van der Waals surface area contributed by atoms with Crippen molar-refractivity contribution in [2.24, 2.45) is 0 Å². The van der Waals surface area contributed by atoms with E-state index in [0.717, 1.165) is 0 Å². The van der Waals surface area contributed by atoms with Crippen LogP contribution in [-0.4, -0.2) is 7.48 Å². The maximum absolute atomic E-state index is 5.35. The van der Waals surface area contributed by atoms with Gasteiger partial charge in [0.05, 0.1) is 6.10 Å². The standard InChI is InChI=1S/C9H10BO/c1-6-3-4-9-8(5-6)7(2)11-10-9/h3-5,7H,1-2H3. The summed E-state index contributed by atoms with van der Waals surface area (Å²) in [5, 5.41) is 0. The van der Waals surface area contributed by atoms with Crippen LogP contribution in [0.15, 0.2) is 18.2 Å². The molecule has 1 heterocycles. The minimum absolute atomic E-state index is 0.241. The zero-order valence-electron chi connectivity index (χ0n) is 6.79. The zero-order chi connectivity index (χ0) is 7.84. The van der Waals surface area contributed by atoms with Crippen molar-refractivity contribution in [1.82, 2.24) is 0 Å². The van der Waals surface area contributed by atoms with E-state index in [1.54, 1.807) is 0 Å². The van der Waals surface area contributed by atoms with Gasteiger partial charge in [-0.3, -0.25) is 0 Å². The van der Waals surface area contributed by atoms with Gasteiger partial charge in [0.2, 0.25) is 0 Å². The van der Waals surface area contributed by atoms with Crippen LogP contribution < -0.4 is 5.46 Å². The van der Waals surface area contributed by atoms with Crippen LogP contribution in [0.4, 0.5) is 0 Å². The Bertz CT molecular complexity index is 283. The first kappa shape index (κ1) is 6.92. The van der Waals surface area contributed by atoms with E-state index in [-0.39, 0.29) is 6.10 Å². The van der Waals surface area contributed by atoms with Crippen LogP contribution in [0.25, 0.3) is 0 Å². The Morgan fingerprint density at radius 1 is 1.45 bits per heavy atom. The van der Waals surface area contributed by atoms with Gasteiger partial charge in [0.15, 0.2) is 0 Å². The molecule has 1 radical (unpaired) electrons. The minimum Gasteiger partial charge on any atom is -0.428 e. The van der Waals surface area contributed by atoms with Crippen molar-refractivity contribution in [2.75, 3.05) is 0 Å². The summed E-state index contributed by atoms with van der Waals surface area (Å²) in [4.78, 5) is 0. The van der Waals surface area contributed by atoms with Crippen LogP contribution in [-0.2, 0) is 4.65 Å². The Morgan fingerprint density at radius 3 is 3.09 bits per heavy atom. The summed E-state index contributed by atoms with van der Waals surface area (Å²) in [6.07, 6.45) is 0.241. The maximum Gasteiger partial charge on any atom is 0.331 e. The van der Waals surface area contributed by atoms with Crippen molar-refractivity contribution in [1.29, 1.82) is 0 Å². The van der Waals surface area contributed by atoms with Gasteiger partial charge >= 0.3 is 7.48 Å². The smallest absolute Gasteiger partial charge is 0.331 e. The molecule has 0 spiro atoms. The Kier molecular flexibility index (Phi) is 1.50. The van der Waals surface area contributed by atoms with E-state index in [1.807, 2.05) is 7.48 Å². The van der Waals surface area contributed by atoms with Gasteiger partial charge in [0.25, 0.3) is 0 Å². The second-order valence-electron chi connectivity index (χ2n) is 3.03. The highest BCUT2D eigenvalue weighted by atomic mass is 16.4. The minimum atomic E-state index is 0.241. The first-order chi connectivity index (χ1) is 5.27. The fourth-order valence-electron chi connectivity index (χ4n) is 1.40. The summed E-state index contributed by atoms with van der Waals surface area (Å²) >= 11 is 0. The van der Waals surface area contributed by atoms with Gasteiger partial charge in [-0.15, -0.1) is 0 Å². The average molecular weight is 145 g/mol. The molecule has 1 aromatic carbocycles. The second-order valence-corrected chi connectivity index (χ2v) is 3.03. The van der Waals surface area contributed by atoms with Crippen LogP contribution in [0.1, 0.15) is 24.2 Å². The molecule has 0 N–H and O–H groups in total. The van der Waals surface area contributed by atoms with Crippen molar-refractivity contribution < 1.29 is 4.65 Å². The summed E-state index contributed by atoms with van der Waals surface area (Å²) in [6, 6.07) is 6.40. The third-order valence-corrected chi connectivity index (χ3v) is 2.08. The molecule has 0 saturated carbocycles. The van der Waals surface area contributed by atoms with Gasteiger partial charge in [-0.05, 0) is 24.9 Å². The van der Waals surface area contributed by atoms with E-state index < -0.39 is 0 Å². The van der Waals surface area contributed by atoms with E-state index in [4.69, 9.17) is 4.65 Å². The molecular weight excluding hydrogens is 135 g/mol. The van der Waals surface area contributed by atoms with Gasteiger partial charge in [-0.25, -0.2) is 0 Å². The normalized spacial score (nSPS) is 21.1. The quantitative estimate of drug-likeness (QED) is 0.500. The van der Waals surface area contributed by atoms with E-state index in [9.17, 15) is 0 Å². The molecule has 1 aliphatic heterocycles. The van der Waals surface area contributed by atoms with E-state index in [0.29, 0.717) is 0 Å². The lowest BCUT2D eigenvalue weighted by molar-refractivity contribution is 0.258. The van der Waals surface area contributed by atoms with Crippen LogP contribution in [0, 0.1) is 6.92 Å². The highest BCUT2D eigenvalue weighted by molar-refractivity contribution is 6.49. The first-order valence-electron chi connectivity index (χ1n) is 3.86. The van der Waals surface area contributed by atoms with Crippen LogP contribution >= 0.6 is 0 Å². The molecular formula is C9H10BO. The molecule has 1 aliphatic rings. The average Bonchev–Trinajstić information content (AvgIpc) is 2.33. The lowest BCUT2D eigenvalue weighted by atomic mass is 9.86. The largest absolute Gasteiger partial charge is 0.428 e. The van der Waals surface area contributed by atoms with Crippen LogP contribution in [0.3, 0.4) is 0 Å². The Morgan fingerprint density at radius 2 is 2.27 bits per heavy atom. The SMILES string of the molecule is Cc1ccc2c(c1)C(C)O[B]2. The maximum atomic E-state index is 5.35. The summed E-state index contributed by atoms with van der Waals surface area (Å²) in [5.41, 5.74) is 3.84. The molecule has 0 aromatic heterocycles. The van der Waals surface area contributed by atoms with Crippen molar-refractivity contribution in [3.8, 4) is 0 Å². The van der Waals surface area contributed by atoms with Crippen LogP contribution in [0.5, 0.6) is 0 Å². The number of fused-ring (bicyclic) bond motifs is 1. The molecule has 1 unspecified atom stereocenters. The summed E-state index contributed by atoms with van der Waals surface area (Å²) in [6.45, 7) is 4.17. The number of hydrogen-bond donors (Lipinski definition) is 0. The van der Waals surface area contributed by atoms with E-state index in [1.165, 1.54) is 16.6 Å². The highest BCUT2D eigenvalue weighted by Gasteiger charge is 2.19. The van der Waals surface area contributed by atoms with Crippen molar-refractivity contribution in [2.45, 2.75) is 20.0 Å². The number of rotatable bonds is 0. The van der Waals surface area contributed by atoms with Gasteiger partial charge in [0.1, 0.15) is 0 Å². The number of benzene rings is 1. The van der Waals surface area contributed by atoms with Gasteiger partial charge in [0, 0.05) is 0 Å². The van der Waals surface area contributed by atoms with Gasteiger partial charge < -0.3 is 4.65 Å². The molecule has 0 saturated heterocycles. The zero-order valence-corrected chi connectivity index (χ0v) is 6.79. The van der Waals surface area contributed by atoms with E-state index in [2.05, 4.69) is 32.0 Å². The Labute approximate surface area is 67.7 Å². The van der Waals surface area contributed by atoms with Gasteiger partial charge in [-0.2, -0.15) is 0 Å². The molecule has 11 heavy (non-hydrogen) atoms. The van der Waals surface area contributed by atoms with Crippen molar-refractivity contribution in [3.63, 3.8) is 0 Å². The molecule has 0 fully saturated rings. The number of aryl methyl sites for hydroxylation is 1. The van der Waals surface area contributed by atoms with Crippen molar-refractivity contribution >= 4 is 12.9 Å². The monoisotopic (exact) mass is 145 g/mol. The molecule has 55 valence electrons. The third-order valence-electron chi connectivity index (χ3n) is 2.08. The molecule has 1 nitrogen and oxygen atoms in total. The molecule has 0 aliphatic carbocycles. The lowest BCUT2D eigenvalue weighted by Crippen LogP contribution is -2.10.